The number of hydrogen-bond acceptors (Lipinski definition) is 3. The van der Waals surface area contributed by atoms with Gasteiger partial charge in [-0.1, -0.05) is 0 Å². The summed E-state index contributed by atoms with van der Waals surface area (Å²) in [4.78, 5) is 2.70. The van der Waals surface area contributed by atoms with Gasteiger partial charge in [-0.05, 0) is 40.5 Å². The second kappa shape index (κ2) is 4.28. The van der Waals surface area contributed by atoms with E-state index in [4.69, 9.17) is 4.74 Å². The van der Waals surface area contributed by atoms with Gasteiger partial charge in [0.05, 0.1) is 0 Å². The Kier molecular flexibility index (Phi) is 3.30. The number of nitrogens with one attached hydrogen (secondary N) is 1. The maximum absolute atomic E-state index is 5.50. The molecule has 0 amide bonds. The summed E-state index contributed by atoms with van der Waals surface area (Å²) in [7, 11) is 0. The van der Waals surface area contributed by atoms with Gasteiger partial charge >= 0.3 is 0 Å². The molecule has 0 radical (unpaired) electrons. The van der Waals surface area contributed by atoms with E-state index in [9.17, 15) is 0 Å². The molecule has 16 heavy (non-hydrogen) atoms. The van der Waals surface area contributed by atoms with Crippen molar-refractivity contribution in [2.75, 3.05) is 26.3 Å². The first-order chi connectivity index (χ1) is 7.43. The van der Waals surface area contributed by atoms with Gasteiger partial charge in [0.15, 0.2) is 0 Å². The van der Waals surface area contributed by atoms with Crippen molar-refractivity contribution in [1.29, 1.82) is 0 Å². The molecule has 1 N–H and O–H groups in total. The fourth-order valence-electron chi connectivity index (χ4n) is 2.99. The van der Waals surface area contributed by atoms with E-state index < -0.39 is 0 Å². The Hall–Kier alpha value is -0.120. The first kappa shape index (κ1) is 12.3. The van der Waals surface area contributed by atoms with Crippen molar-refractivity contribution in [3.63, 3.8) is 0 Å². The van der Waals surface area contributed by atoms with Gasteiger partial charge in [-0.15, -0.1) is 0 Å². The van der Waals surface area contributed by atoms with E-state index in [2.05, 4.69) is 37.9 Å². The average Bonchev–Trinajstić information content (AvgIpc) is 2.23. The molecule has 0 saturated carbocycles. The zero-order valence-corrected chi connectivity index (χ0v) is 11.2. The molecule has 0 aromatic rings. The molecule has 0 bridgehead atoms. The molecule has 2 fully saturated rings. The van der Waals surface area contributed by atoms with E-state index in [-0.39, 0.29) is 5.54 Å². The van der Waals surface area contributed by atoms with Crippen LogP contribution >= 0.6 is 0 Å². The van der Waals surface area contributed by atoms with Gasteiger partial charge in [-0.3, -0.25) is 4.90 Å². The molecule has 0 aromatic carbocycles. The minimum atomic E-state index is 0.244. The Balaban J connectivity index is 2.10. The Morgan fingerprint density at radius 2 is 1.81 bits per heavy atom. The molecule has 3 heteroatoms. The zero-order chi connectivity index (χ0) is 11.8. The van der Waals surface area contributed by atoms with E-state index in [0.29, 0.717) is 11.6 Å². The minimum absolute atomic E-state index is 0.244. The normalized spacial score (nSPS) is 34.9. The highest BCUT2D eigenvalue weighted by molar-refractivity contribution is 4.99. The fraction of sp³-hybridized carbons (Fsp3) is 1.00. The number of ether oxygens (including phenoxy) is 1. The van der Waals surface area contributed by atoms with Crippen molar-refractivity contribution in [3.05, 3.63) is 0 Å². The van der Waals surface area contributed by atoms with E-state index in [0.717, 1.165) is 26.3 Å². The van der Waals surface area contributed by atoms with Crippen molar-refractivity contribution in [2.45, 2.75) is 57.7 Å². The van der Waals surface area contributed by atoms with Crippen molar-refractivity contribution >= 4 is 0 Å². The molecule has 2 aliphatic rings. The maximum atomic E-state index is 5.50. The molecule has 2 aliphatic heterocycles. The highest BCUT2D eigenvalue weighted by Gasteiger charge is 2.41. The van der Waals surface area contributed by atoms with E-state index in [1.807, 2.05) is 0 Å². The number of piperazine rings is 1. The van der Waals surface area contributed by atoms with Gasteiger partial charge < -0.3 is 10.1 Å². The Morgan fingerprint density at radius 3 is 2.44 bits per heavy atom. The van der Waals surface area contributed by atoms with Crippen LogP contribution in [0.1, 0.15) is 40.5 Å². The summed E-state index contributed by atoms with van der Waals surface area (Å²) < 4.78 is 5.50. The van der Waals surface area contributed by atoms with Crippen LogP contribution in [0.25, 0.3) is 0 Å². The first-order valence-electron chi connectivity index (χ1n) is 6.53. The lowest BCUT2D eigenvalue weighted by Crippen LogP contribution is -2.67. The predicted octanol–water partition coefficient (Wildman–Crippen LogP) is 1.63. The fourth-order valence-corrected chi connectivity index (χ4v) is 2.99. The molecule has 3 nitrogen and oxygen atoms in total. The molecule has 2 heterocycles. The van der Waals surface area contributed by atoms with Crippen LogP contribution in [0, 0.1) is 0 Å². The van der Waals surface area contributed by atoms with Crippen LogP contribution in [0.3, 0.4) is 0 Å². The SMILES string of the molecule is CC1CNC(C)(C)CN1C1(C)CCOCC1. The Bertz CT molecular complexity index is 246. The average molecular weight is 226 g/mol. The van der Waals surface area contributed by atoms with E-state index in [1.165, 1.54) is 12.8 Å². The molecule has 0 aliphatic carbocycles. The van der Waals surface area contributed by atoms with Crippen LogP contribution < -0.4 is 5.32 Å². The monoisotopic (exact) mass is 226 g/mol. The highest BCUT2D eigenvalue weighted by Crippen LogP contribution is 2.32. The molecule has 0 aromatic heterocycles. The van der Waals surface area contributed by atoms with Gasteiger partial charge in [0.2, 0.25) is 0 Å². The van der Waals surface area contributed by atoms with Crippen LogP contribution in [0.15, 0.2) is 0 Å². The quantitative estimate of drug-likeness (QED) is 0.735. The molecular formula is C13H26N2O. The van der Waals surface area contributed by atoms with Gasteiger partial charge in [0, 0.05) is 43.4 Å². The third-order valence-electron chi connectivity index (χ3n) is 4.24. The highest BCUT2D eigenvalue weighted by atomic mass is 16.5. The molecule has 2 rings (SSSR count). The summed E-state index contributed by atoms with van der Waals surface area (Å²) in [5, 5.41) is 3.62. The third kappa shape index (κ3) is 2.41. The zero-order valence-electron chi connectivity index (χ0n) is 11.2. The largest absolute Gasteiger partial charge is 0.381 e. The standard InChI is InChI=1S/C13H26N2O/c1-11-9-14-12(2,3)10-15(11)13(4)5-7-16-8-6-13/h11,14H,5-10H2,1-4H3. The summed E-state index contributed by atoms with van der Waals surface area (Å²) in [6.07, 6.45) is 2.35. The molecule has 1 unspecified atom stereocenters. The van der Waals surface area contributed by atoms with Crippen LogP contribution in [0.5, 0.6) is 0 Å². The Morgan fingerprint density at radius 1 is 1.19 bits per heavy atom. The topological polar surface area (TPSA) is 24.5 Å². The van der Waals surface area contributed by atoms with Gasteiger partial charge in [0.25, 0.3) is 0 Å². The van der Waals surface area contributed by atoms with Crippen LogP contribution in [-0.2, 0) is 4.74 Å². The van der Waals surface area contributed by atoms with Gasteiger partial charge in [-0.25, -0.2) is 0 Å². The summed E-state index contributed by atoms with van der Waals surface area (Å²) in [6.45, 7) is 13.4. The second-order valence-electron chi connectivity index (χ2n) is 6.35. The lowest BCUT2D eigenvalue weighted by Gasteiger charge is -2.53. The minimum Gasteiger partial charge on any atom is -0.381 e. The Labute approximate surface area is 99.5 Å². The van der Waals surface area contributed by atoms with Crippen LogP contribution in [0.4, 0.5) is 0 Å². The maximum Gasteiger partial charge on any atom is 0.0483 e. The summed E-state index contributed by atoms with van der Waals surface area (Å²) in [5.74, 6) is 0. The number of rotatable bonds is 1. The van der Waals surface area contributed by atoms with Crippen molar-refractivity contribution < 1.29 is 4.74 Å². The lowest BCUT2D eigenvalue weighted by atomic mass is 9.85. The van der Waals surface area contributed by atoms with Crippen LogP contribution in [0.2, 0.25) is 0 Å². The third-order valence-corrected chi connectivity index (χ3v) is 4.24. The van der Waals surface area contributed by atoms with Crippen LogP contribution in [-0.4, -0.2) is 48.3 Å². The van der Waals surface area contributed by atoms with Gasteiger partial charge in [-0.2, -0.15) is 0 Å². The first-order valence-corrected chi connectivity index (χ1v) is 6.53. The predicted molar refractivity (Wildman–Crippen MR) is 66.7 cm³/mol. The van der Waals surface area contributed by atoms with E-state index in [1.54, 1.807) is 0 Å². The summed E-state index contributed by atoms with van der Waals surface area (Å²) in [5.41, 5.74) is 0.588. The summed E-state index contributed by atoms with van der Waals surface area (Å²) >= 11 is 0. The molecule has 94 valence electrons. The van der Waals surface area contributed by atoms with Crippen molar-refractivity contribution in [2.24, 2.45) is 0 Å². The van der Waals surface area contributed by atoms with Crippen molar-refractivity contribution in [1.82, 2.24) is 10.2 Å². The smallest absolute Gasteiger partial charge is 0.0483 e. The molecular weight excluding hydrogens is 200 g/mol. The van der Waals surface area contributed by atoms with E-state index >= 15 is 0 Å². The molecule has 2 saturated heterocycles. The lowest BCUT2D eigenvalue weighted by molar-refractivity contribution is -0.0588. The summed E-state index contributed by atoms with van der Waals surface area (Å²) in [6, 6.07) is 0.635. The molecule has 1 atom stereocenters. The number of nitrogens with zero attached hydrogens (tertiary/aromatic N) is 1. The van der Waals surface area contributed by atoms with Gasteiger partial charge in [0.1, 0.15) is 0 Å². The molecule has 0 spiro atoms. The second-order valence-corrected chi connectivity index (χ2v) is 6.35. The number of hydrogen-bond donors (Lipinski definition) is 1. The van der Waals surface area contributed by atoms with Crippen molar-refractivity contribution in [3.8, 4) is 0 Å².